The highest BCUT2D eigenvalue weighted by Gasteiger charge is 2.10. The average molecular weight is 246 g/mol. The van der Waals surface area contributed by atoms with E-state index in [-0.39, 0.29) is 12.0 Å². The van der Waals surface area contributed by atoms with Gasteiger partial charge in [0.15, 0.2) is 0 Å². The van der Waals surface area contributed by atoms with E-state index in [2.05, 4.69) is 10.3 Å². The summed E-state index contributed by atoms with van der Waals surface area (Å²) in [7, 11) is 0. The SMILES string of the molecule is CC(O)CCCNC(=O)c1c[nH]c2ccccc12. The zero-order valence-electron chi connectivity index (χ0n) is 10.4. The Bertz CT molecular complexity index is 531. The number of amides is 1. The monoisotopic (exact) mass is 246 g/mol. The van der Waals surface area contributed by atoms with Crippen LogP contribution < -0.4 is 5.32 Å². The molecule has 0 radical (unpaired) electrons. The first-order chi connectivity index (χ1) is 8.68. The highest BCUT2D eigenvalue weighted by Crippen LogP contribution is 2.17. The molecule has 4 nitrogen and oxygen atoms in total. The van der Waals surface area contributed by atoms with E-state index in [1.165, 1.54) is 0 Å². The Kier molecular flexibility index (Phi) is 3.99. The molecule has 4 heteroatoms. The van der Waals surface area contributed by atoms with Crippen molar-refractivity contribution in [2.75, 3.05) is 6.54 Å². The molecule has 1 unspecified atom stereocenters. The van der Waals surface area contributed by atoms with Crippen molar-refractivity contribution in [1.29, 1.82) is 0 Å². The predicted octanol–water partition coefficient (Wildman–Crippen LogP) is 2.06. The number of hydrogen-bond donors (Lipinski definition) is 3. The Labute approximate surface area is 106 Å². The molecule has 0 fully saturated rings. The van der Waals surface area contributed by atoms with Crippen molar-refractivity contribution >= 4 is 16.8 Å². The predicted molar refractivity (Wildman–Crippen MR) is 71.5 cm³/mol. The Morgan fingerprint density at radius 1 is 1.44 bits per heavy atom. The zero-order chi connectivity index (χ0) is 13.0. The lowest BCUT2D eigenvalue weighted by Crippen LogP contribution is -2.24. The van der Waals surface area contributed by atoms with E-state index in [9.17, 15) is 4.79 Å². The summed E-state index contributed by atoms with van der Waals surface area (Å²) in [6.07, 6.45) is 2.91. The molecule has 1 amide bonds. The number of carbonyl (C=O) groups excluding carboxylic acids is 1. The van der Waals surface area contributed by atoms with Crippen LogP contribution in [0.4, 0.5) is 0 Å². The third kappa shape index (κ3) is 2.90. The molecular weight excluding hydrogens is 228 g/mol. The molecule has 96 valence electrons. The number of para-hydroxylation sites is 1. The van der Waals surface area contributed by atoms with Crippen LogP contribution in [0.2, 0.25) is 0 Å². The van der Waals surface area contributed by atoms with Crippen molar-refractivity contribution in [3.8, 4) is 0 Å². The summed E-state index contributed by atoms with van der Waals surface area (Å²) >= 11 is 0. The Hall–Kier alpha value is -1.81. The molecule has 0 saturated carbocycles. The molecule has 0 bridgehead atoms. The molecule has 0 spiro atoms. The van der Waals surface area contributed by atoms with E-state index in [0.717, 1.165) is 17.3 Å². The topological polar surface area (TPSA) is 65.1 Å². The molecule has 2 rings (SSSR count). The first-order valence-electron chi connectivity index (χ1n) is 6.21. The van der Waals surface area contributed by atoms with Gasteiger partial charge < -0.3 is 15.4 Å². The maximum Gasteiger partial charge on any atom is 0.253 e. The van der Waals surface area contributed by atoms with Crippen molar-refractivity contribution in [1.82, 2.24) is 10.3 Å². The molecule has 0 saturated heterocycles. The second-order valence-corrected chi connectivity index (χ2v) is 4.50. The normalized spacial score (nSPS) is 12.6. The van der Waals surface area contributed by atoms with E-state index in [4.69, 9.17) is 5.11 Å². The summed E-state index contributed by atoms with van der Waals surface area (Å²) in [5.74, 6) is -0.0713. The van der Waals surface area contributed by atoms with Gasteiger partial charge in [-0.1, -0.05) is 18.2 Å². The van der Waals surface area contributed by atoms with Gasteiger partial charge >= 0.3 is 0 Å². The number of H-pyrrole nitrogens is 1. The molecule has 1 aromatic heterocycles. The van der Waals surface area contributed by atoms with Crippen LogP contribution in [0.15, 0.2) is 30.5 Å². The largest absolute Gasteiger partial charge is 0.393 e. The summed E-state index contributed by atoms with van der Waals surface area (Å²) in [5, 5.41) is 12.9. The van der Waals surface area contributed by atoms with Gasteiger partial charge in [0.25, 0.3) is 5.91 Å². The van der Waals surface area contributed by atoms with Crippen LogP contribution in [0.3, 0.4) is 0 Å². The van der Waals surface area contributed by atoms with Gasteiger partial charge in [0, 0.05) is 23.6 Å². The molecule has 1 aromatic carbocycles. The van der Waals surface area contributed by atoms with E-state index in [0.29, 0.717) is 18.5 Å². The van der Waals surface area contributed by atoms with Gasteiger partial charge in [-0.15, -0.1) is 0 Å². The standard InChI is InChI=1S/C14H18N2O2/c1-10(17)5-4-8-15-14(18)12-9-16-13-7-3-2-6-11(12)13/h2-3,6-7,9-10,16-17H,4-5,8H2,1H3,(H,15,18). The number of fused-ring (bicyclic) bond motifs is 1. The minimum absolute atomic E-state index is 0.0713. The van der Waals surface area contributed by atoms with E-state index < -0.39 is 0 Å². The third-order valence-corrected chi connectivity index (χ3v) is 2.92. The highest BCUT2D eigenvalue weighted by molar-refractivity contribution is 6.06. The molecule has 3 N–H and O–H groups in total. The number of benzene rings is 1. The fourth-order valence-corrected chi connectivity index (χ4v) is 1.95. The first kappa shape index (κ1) is 12.6. The summed E-state index contributed by atoms with van der Waals surface area (Å²) in [6, 6.07) is 7.72. The van der Waals surface area contributed by atoms with Crippen LogP contribution in [0.5, 0.6) is 0 Å². The number of hydrogen-bond acceptors (Lipinski definition) is 2. The van der Waals surface area contributed by atoms with Gasteiger partial charge in [-0.25, -0.2) is 0 Å². The van der Waals surface area contributed by atoms with Crippen molar-refractivity contribution in [2.24, 2.45) is 0 Å². The van der Waals surface area contributed by atoms with Gasteiger partial charge in [-0.2, -0.15) is 0 Å². The number of aromatic nitrogens is 1. The maximum atomic E-state index is 12.0. The van der Waals surface area contributed by atoms with Crippen LogP contribution in [-0.4, -0.2) is 28.6 Å². The van der Waals surface area contributed by atoms with Gasteiger partial charge in [-0.05, 0) is 25.8 Å². The molecule has 0 aliphatic carbocycles. The van der Waals surface area contributed by atoms with Gasteiger partial charge in [-0.3, -0.25) is 4.79 Å². The summed E-state index contributed by atoms with van der Waals surface area (Å²) < 4.78 is 0. The number of rotatable bonds is 5. The Morgan fingerprint density at radius 2 is 2.22 bits per heavy atom. The molecule has 0 aliphatic heterocycles. The quantitative estimate of drug-likeness (QED) is 0.707. The van der Waals surface area contributed by atoms with Crippen LogP contribution in [0, 0.1) is 0 Å². The first-order valence-corrected chi connectivity index (χ1v) is 6.21. The lowest BCUT2D eigenvalue weighted by molar-refractivity contribution is 0.0951. The van der Waals surface area contributed by atoms with Gasteiger partial charge in [0.1, 0.15) is 0 Å². The summed E-state index contributed by atoms with van der Waals surface area (Å²) in [5.41, 5.74) is 1.63. The minimum atomic E-state index is -0.310. The van der Waals surface area contributed by atoms with Crippen LogP contribution >= 0.6 is 0 Å². The number of aliphatic hydroxyl groups is 1. The van der Waals surface area contributed by atoms with Crippen molar-refractivity contribution in [3.05, 3.63) is 36.0 Å². The third-order valence-electron chi connectivity index (χ3n) is 2.92. The second kappa shape index (κ2) is 5.69. The zero-order valence-corrected chi connectivity index (χ0v) is 10.4. The molecular formula is C14H18N2O2. The second-order valence-electron chi connectivity index (χ2n) is 4.50. The molecule has 2 aromatic rings. The Morgan fingerprint density at radius 3 is 3.00 bits per heavy atom. The van der Waals surface area contributed by atoms with E-state index in [1.54, 1.807) is 13.1 Å². The molecule has 1 heterocycles. The maximum absolute atomic E-state index is 12.0. The van der Waals surface area contributed by atoms with Crippen molar-refractivity contribution in [3.63, 3.8) is 0 Å². The molecule has 1 atom stereocenters. The fraction of sp³-hybridized carbons (Fsp3) is 0.357. The molecule has 18 heavy (non-hydrogen) atoms. The van der Waals surface area contributed by atoms with Crippen LogP contribution in [-0.2, 0) is 0 Å². The number of aromatic amines is 1. The highest BCUT2D eigenvalue weighted by atomic mass is 16.3. The number of aliphatic hydroxyl groups excluding tert-OH is 1. The number of nitrogens with one attached hydrogen (secondary N) is 2. The number of carbonyl (C=O) groups is 1. The summed E-state index contributed by atoms with van der Waals surface area (Å²) in [6.45, 7) is 2.34. The van der Waals surface area contributed by atoms with Gasteiger partial charge in [0.05, 0.1) is 11.7 Å². The van der Waals surface area contributed by atoms with Gasteiger partial charge in [0.2, 0.25) is 0 Å². The lowest BCUT2D eigenvalue weighted by Gasteiger charge is -2.05. The van der Waals surface area contributed by atoms with Crippen molar-refractivity contribution in [2.45, 2.75) is 25.9 Å². The Balaban J connectivity index is 1.97. The minimum Gasteiger partial charge on any atom is -0.393 e. The summed E-state index contributed by atoms with van der Waals surface area (Å²) in [4.78, 5) is 15.0. The fourth-order valence-electron chi connectivity index (χ4n) is 1.95. The smallest absolute Gasteiger partial charge is 0.253 e. The lowest BCUT2D eigenvalue weighted by atomic mass is 10.1. The van der Waals surface area contributed by atoms with E-state index in [1.807, 2.05) is 24.3 Å². The van der Waals surface area contributed by atoms with E-state index >= 15 is 0 Å². The average Bonchev–Trinajstić information content (AvgIpc) is 2.78. The van der Waals surface area contributed by atoms with Crippen LogP contribution in [0.1, 0.15) is 30.1 Å². The van der Waals surface area contributed by atoms with Crippen molar-refractivity contribution < 1.29 is 9.90 Å². The molecule has 0 aliphatic rings. The van der Waals surface area contributed by atoms with Crippen LogP contribution in [0.25, 0.3) is 10.9 Å².